The van der Waals surface area contributed by atoms with Gasteiger partial charge in [0.05, 0.1) is 13.2 Å². The predicted octanol–water partition coefficient (Wildman–Crippen LogP) is 1.59. The first-order chi connectivity index (χ1) is 8.90. The van der Waals surface area contributed by atoms with Crippen molar-refractivity contribution in [1.29, 1.82) is 0 Å². The van der Waals surface area contributed by atoms with Crippen molar-refractivity contribution in [1.82, 2.24) is 10.2 Å². The Balaban J connectivity index is 1.84. The van der Waals surface area contributed by atoms with Crippen molar-refractivity contribution in [2.45, 2.75) is 24.9 Å². The summed E-state index contributed by atoms with van der Waals surface area (Å²) in [6.07, 6.45) is 2.46. The summed E-state index contributed by atoms with van der Waals surface area (Å²) in [5.41, 5.74) is 3.00. The molecule has 1 aromatic carbocycles. The van der Waals surface area contributed by atoms with Gasteiger partial charge >= 0.3 is 0 Å². The van der Waals surface area contributed by atoms with E-state index < -0.39 is 0 Å². The SMILES string of the molecule is CNC1c2ccccc2CCC1N1CCOCC1. The van der Waals surface area contributed by atoms with E-state index in [1.807, 2.05) is 0 Å². The summed E-state index contributed by atoms with van der Waals surface area (Å²) in [7, 11) is 2.08. The Morgan fingerprint density at radius 2 is 2.00 bits per heavy atom. The smallest absolute Gasteiger partial charge is 0.0594 e. The van der Waals surface area contributed by atoms with Crippen molar-refractivity contribution in [3.8, 4) is 0 Å². The fourth-order valence-electron chi connectivity index (χ4n) is 3.39. The number of hydrogen-bond donors (Lipinski definition) is 1. The van der Waals surface area contributed by atoms with Gasteiger partial charge in [0.15, 0.2) is 0 Å². The van der Waals surface area contributed by atoms with Gasteiger partial charge in [0.2, 0.25) is 0 Å². The number of fused-ring (bicyclic) bond motifs is 1. The molecule has 98 valence electrons. The second-order valence-electron chi connectivity index (χ2n) is 5.22. The van der Waals surface area contributed by atoms with E-state index in [1.165, 1.54) is 24.0 Å². The van der Waals surface area contributed by atoms with Crippen LogP contribution in [-0.4, -0.2) is 44.3 Å². The zero-order valence-corrected chi connectivity index (χ0v) is 11.1. The third-order valence-electron chi connectivity index (χ3n) is 4.31. The highest BCUT2D eigenvalue weighted by Gasteiger charge is 2.32. The van der Waals surface area contributed by atoms with Gasteiger partial charge in [-0.1, -0.05) is 24.3 Å². The second-order valence-corrected chi connectivity index (χ2v) is 5.22. The van der Waals surface area contributed by atoms with E-state index >= 15 is 0 Å². The molecule has 0 spiro atoms. The Morgan fingerprint density at radius 1 is 1.22 bits per heavy atom. The lowest BCUT2D eigenvalue weighted by atomic mass is 9.83. The number of likely N-dealkylation sites (N-methyl/N-ethyl adjacent to an activating group) is 1. The Labute approximate surface area is 109 Å². The van der Waals surface area contributed by atoms with Gasteiger partial charge in [0, 0.05) is 25.2 Å². The van der Waals surface area contributed by atoms with Crippen molar-refractivity contribution < 1.29 is 4.74 Å². The van der Waals surface area contributed by atoms with Crippen LogP contribution in [-0.2, 0) is 11.2 Å². The summed E-state index contributed by atoms with van der Waals surface area (Å²) in [5, 5.41) is 3.53. The molecule has 1 aliphatic heterocycles. The molecule has 0 amide bonds. The minimum Gasteiger partial charge on any atom is -0.379 e. The maximum atomic E-state index is 5.47. The average Bonchev–Trinajstić information content (AvgIpc) is 2.47. The number of benzene rings is 1. The molecule has 1 aromatic rings. The monoisotopic (exact) mass is 246 g/mol. The third-order valence-corrected chi connectivity index (χ3v) is 4.31. The maximum absolute atomic E-state index is 5.47. The van der Waals surface area contributed by atoms with E-state index in [0.29, 0.717) is 12.1 Å². The van der Waals surface area contributed by atoms with Gasteiger partial charge in [-0.25, -0.2) is 0 Å². The molecule has 0 bridgehead atoms. The van der Waals surface area contributed by atoms with Crippen molar-refractivity contribution in [2.24, 2.45) is 0 Å². The minimum absolute atomic E-state index is 0.466. The first-order valence-electron chi connectivity index (χ1n) is 6.97. The summed E-state index contributed by atoms with van der Waals surface area (Å²) in [6.45, 7) is 3.92. The molecule has 1 N–H and O–H groups in total. The van der Waals surface area contributed by atoms with Gasteiger partial charge < -0.3 is 10.1 Å². The van der Waals surface area contributed by atoms with Crippen LogP contribution in [0.1, 0.15) is 23.6 Å². The lowest BCUT2D eigenvalue weighted by Gasteiger charge is -2.42. The first kappa shape index (κ1) is 12.2. The van der Waals surface area contributed by atoms with E-state index in [2.05, 4.69) is 41.5 Å². The fourth-order valence-corrected chi connectivity index (χ4v) is 3.39. The van der Waals surface area contributed by atoms with Crippen LogP contribution >= 0.6 is 0 Å². The number of nitrogens with one attached hydrogen (secondary N) is 1. The normalized spacial score (nSPS) is 28.9. The van der Waals surface area contributed by atoms with Crippen LogP contribution in [0.3, 0.4) is 0 Å². The summed E-state index contributed by atoms with van der Waals surface area (Å²) in [5.74, 6) is 0. The van der Waals surface area contributed by atoms with Gasteiger partial charge in [0.1, 0.15) is 0 Å². The molecule has 2 atom stereocenters. The molecule has 1 fully saturated rings. The van der Waals surface area contributed by atoms with Crippen molar-refractivity contribution >= 4 is 0 Å². The molecule has 3 rings (SSSR count). The van der Waals surface area contributed by atoms with Gasteiger partial charge in [-0.3, -0.25) is 4.90 Å². The standard InChI is InChI=1S/C15H22N2O/c1-16-15-13-5-3-2-4-12(13)6-7-14(15)17-8-10-18-11-9-17/h2-5,14-16H,6-11H2,1H3. The maximum Gasteiger partial charge on any atom is 0.0594 e. The van der Waals surface area contributed by atoms with Gasteiger partial charge in [-0.2, -0.15) is 0 Å². The van der Waals surface area contributed by atoms with E-state index in [0.717, 1.165) is 26.3 Å². The molecule has 3 nitrogen and oxygen atoms in total. The quantitative estimate of drug-likeness (QED) is 0.858. The minimum atomic E-state index is 0.466. The number of ether oxygens (including phenoxy) is 1. The summed E-state index contributed by atoms with van der Waals surface area (Å²) < 4.78 is 5.47. The number of nitrogens with zero attached hydrogens (tertiary/aromatic N) is 1. The van der Waals surface area contributed by atoms with Crippen LogP contribution in [0.25, 0.3) is 0 Å². The van der Waals surface area contributed by atoms with E-state index in [9.17, 15) is 0 Å². The van der Waals surface area contributed by atoms with Crippen LogP contribution in [0.4, 0.5) is 0 Å². The van der Waals surface area contributed by atoms with Gasteiger partial charge in [-0.15, -0.1) is 0 Å². The largest absolute Gasteiger partial charge is 0.379 e. The molecule has 1 heterocycles. The highest BCUT2D eigenvalue weighted by molar-refractivity contribution is 5.34. The zero-order valence-electron chi connectivity index (χ0n) is 11.1. The predicted molar refractivity (Wildman–Crippen MR) is 72.7 cm³/mol. The highest BCUT2D eigenvalue weighted by atomic mass is 16.5. The first-order valence-corrected chi connectivity index (χ1v) is 6.97. The van der Waals surface area contributed by atoms with E-state index in [1.54, 1.807) is 0 Å². The lowest BCUT2D eigenvalue weighted by molar-refractivity contribution is 0.00451. The topological polar surface area (TPSA) is 24.5 Å². The van der Waals surface area contributed by atoms with Crippen LogP contribution in [0.15, 0.2) is 24.3 Å². The molecule has 1 saturated heterocycles. The molecule has 0 radical (unpaired) electrons. The molecule has 18 heavy (non-hydrogen) atoms. The molecular weight excluding hydrogens is 224 g/mol. The molecule has 0 saturated carbocycles. The van der Waals surface area contributed by atoms with Crippen LogP contribution in [0.5, 0.6) is 0 Å². The number of hydrogen-bond acceptors (Lipinski definition) is 3. The number of rotatable bonds is 2. The van der Waals surface area contributed by atoms with Crippen molar-refractivity contribution in [3.63, 3.8) is 0 Å². The molecular formula is C15H22N2O. The molecule has 1 aliphatic carbocycles. The van der Waals surface area contributed by atoms with Gasteiger partial charge in [0.25, 0.3) is 0 Å². The van der Waals surface area contributed by atoms with Crippen molar-refractivity contribution in [3.05, 3.63) is 35.4 Å². The zero-order chi connectivity index (χ0) is 12.4. The Kier molecular flexibility index (Phi) is 3.64. The van der Waals surface area contributed by atoms with Crippen LogP contribution in [0.2, 0.25) is 0 Å². The Morgan fingerprint density at radius 3 is 2.78 bits per heavy atom. The van der Waals surface area contributed by atoms with Gasteiger partial charge in [-0.05, 0) is 31.0 Å². The summed E-state index contributed by atoms with van der Waals surface area (Å²) in [4.78, 5) is 2.60. The highest BCUT2D eigenvalue weighted by Crippen LogP contribution is 2.32. The second kappa shape index (κ2) is 5.39. The summed E-state index contributed by atoms with van der Waals surface area (Å²) >= 11 is 0. The van der Waals surface area contributed by atoms with E-state index in [-0.39, 0.29) is 0 Å². The third kappa shape index (κ3) is 2.18. The number of aryl methyl sites for hydroxylation is 1. The Bertz CT molecular complexity index is 401. The number of morpholine rings is 1. The van der Waals surface area contributed by atoms with Crippen molar-refractivity contribution in [2.75, 3.05) is 33.4 Å². The molecule has 2 aliphatic rings. The fraction of sp³-hybridized carbons (Fsp3) is 0.600. The molecule has 0 aromatic heterocycles. The molecule has 2 unspecified atom stereocenters. The average molecular weight is 246 g/mol. The van der Waals surface area contributed by atoms with Crippen LogP contribution < -0.4 is 5.32 Å². The summed E-state index contributed by atoms with van der Waals surface area (Å²) in [6, 6.07) is 9.95. The van der Waals surface area contributed by atoms with Crippen LogP contribution in [0, 0.1) is 0 Å². The Hall–Kier alpha value is -0.900. The lowest BCUT2D eigenvalue weighted by Crippen LogP contribution is -2.50. The molecule has 3 heteroatoms. The van der Waals surface area contributed by atoms with E-state index in [4.69, 9.17) is 4.74 Å².